The SMILES string of the molecule is Cc1n[nH]c(C)c1C(=O)Nc1cccc(NS(C)(=O)=O)c1. The first-order valence-electron chi connectivity index (χ1n) is 6.17. The molecule has 0 unspecified atom stereocenters. The Morgan fingerprint density at radius 2 is 1.90 bits per heavy atom. The van der Waals surface area contributed by atoms with Gasteiger partial charge in [0, 0.05) is 11.4 Å². The van der Waals surface area contributed by atoms with Crippen LogP contribution in [0.1, 0.15) is 21.7 Å². The van der Waals surface area contributed by atoms with Crippen molar-refractivity contribution in [2.45, 2.75) is 13.8 Å². The minimum absolute atomic E-state index is 0.296. The van der Waals surface area contributed by atoms with Crippen LogP contribution in [0.15, 0.2) is 24.3 Å². The number of nitrogens with one attached hydrogen (secondary N) is 3. The average Bonchev–Trinajstić information content (AvgIpc) is 2.67. The Bertz CT molecular complexity index is 761. The van der Waals surface area contributed by atoms with Gasteiger partial charge in [-0.1, -0.05) is 6.07 Å². The van der Waals surface area contributed by atoms with E-state index in [0.29, 0.717) is 28.3 Å². The van der Waals surface area contributed by atoms with E-state index in [1.54, 1.807) is 38.1 Å². The third-order valence-corrected chi connectivity index (χ3v) is 3.39. The summed E-state index contributed by atoms with van der Waals surface area (Å²) in [5.74, 6) is -0.296. The van der Waals surface area contributed by atoms with E-state index in [-0.39, 0.29) is 5.91 Å². The fourth-order valence-corrected chi connectivity index (χ4v) is 2.51. The van der Waals surface area contributed by atoms with E-state index in [1.165, 1.54) is 0 Å². The molecule has 0 atom stereocenters. The van der Waals surface area contributed by atoms with E-state index in [4.69, 9.17) is 0 Å². The second-order valence-electron chi connectivity index (χ2n) is 4.72. The first-order valence-corrected chi connectivity index (χ1v) is 8.06. The van der Waals surface area contributed by atoms with Crippen LogP contribution in [0.25, 0.3) is 0 Å². The predicted octanol–water partition coefficient (Wildman–Crippen LogP) is 1.65. The molecule has 0 aliphatic heterocycles. The number of rotatable bonds is 4. The molecule has 1 aromatic heterocycles. The quantitative estimate of drug-likeness (QED) is 0.798. The Morgan fingerprint density at radius 1 is 1.24 bits per heavy atom. The number of carbonyl (C=O) groups is 1. The van der Waals surface area contributed by atoms with Crippen molar-refractivity contribution in [3.05, 3.63) is 41.2 Å². The molecule has 2 aromatic rings. The zero-order valence-electron chi connectivity index (χ0n) is 11.9. The Balaban J connectivity index is 2.21. The number of amides is 1. The second-order valence-corrected chi connectivity index (χ2v) is 6.47. The predicted molar refractivity (Wildman–Crippen MR) is 80.9 cm³/mol. The van der Waals surface area contributed by atoms with Crippen molar-refractivity contribution < 1.29 is 13.2 Å². The summed E-state index contributed by atoms with van der Waals surface area (Å²) in [6.45, 7) is 3.50. The normalized spacial score (nSPS) is 11.2. The van der Waals surface area contributed by atoms with Gasteiger partial charge in [0.1, 0.15) is 0 Å². The zero-order chi connectivity index (χ0) is 15.6. The molecule has 21 heavy (non-hydrogen) atoms. The lowest BCUT2D eigenvalue weighted by molar-refractivity contribution is 0.102. The smallest absolute Gasteiger partial charge is 0.259 e. The van der Waals surface area contributed by atoms with Gasteiger partial charge in [-0.05, 0) is 32.0 Å². The lowest BCUT2D eigenvalue weighted by Gasteiger charge is -2.08. The topological polar surface area (TPSA) is 104 Å². The van der Waals surface area contributed by atoms with Gasteiger partial charge in [0.05, 0.1) is 23.2 Å². The van der Waals surface area contributed by atoms with Crippen LogP contribution in [0.2, 0.25) is 0 Å². The zero-order valence-corrected chi connectivity index (χ0v) is 12.7. The third kappa shape index (κ3) is 3.82. The van der Waals surface area contributed by atoms with Crippen molar-refractivity contribution in [3.8, 4) is 0 Å². The number of aromatic nitrogens is 2. The molecule has 0 saturated heterocycles. The van der Waals surface area contributed by atoms with Crippen molar-refractivity contribution in [3.63, 3.8) is 0 Å². The molecule has 1 aromatic carbocycles. The van der Waals surface area contributed by atoms with Gasteiger partial charge < -0.3 is 5.32 Å². The maximum Gasteiger partial charge on any atom is 0.259 e. The molecule has 7 nitrogen and oxygen atoms in total. The van der Waals surface area contributed by atoms with Crippen LogP contribution in [-0.4, -0.2) is 30.8 Å². The number of carbonyl (C=O) groups excluding carboxylic acids is 1. The first kappa shape index (κ1) is 15.0. The fourth-order valence-electron chi connectivity index (χ4n) is 1.95. The van der Waals surface area contributed by atoms with E-state index >= 15 is 0 Å². The standard InChI is InChI=1S/C13H16N4O3S/c1-8-12(9(2)16-15-8)13(18)14-10-5-4-6-11(7-10)17-21(3,19)20/h4-7,17H,1-3H3,(H,14,18)(H,15,16). The van der Waals surface area contributed by atoms with Crippen LogP contribution in [0, 0.1) is 13.8 Å². The summed E-state index contributed by atoms with van der Waals surface area (Å²) in [7, 11) is -3.36. The molecule has 1 amide bonds. The van der Waals surface area contributed by atoms with Gasteiger partial charge in [-0.25, -0.2) is 8.42 Å². The number of anilines is 2. The lowest BCUT2D eigenvalue weighted by atomic mass is 10.2. The number of H-pyrrole nitrogens is 1. The molecule has 0 bridgehead atoms. The van der Waals surface area contributed by atoms with Gasteiger partial charge in [-0.15, -0.1) is 0 Å². The fraction of sp³-hybridized carbons (Fsp3) is 0.231. The number of hydrogen-bond donors (Lipinski definition) is 3. The maximum atomic E-state index is 12.2. The Labute approximate surface area is 122 Å². The summed E-state index contributed by atoms with van der Waals surface area (Å²) in [5.41, 5.74) is 2.65. The minimum atomic E-state index is -3.36. The van der Waals surface area contributed by atoms with Crippen molar-refractivity contribution in [2.24, 2.45) is 0 Å². The molecule has 0 aliphatic carbocycles. The van der Waals surface area contributed by atoms with Crippen LogP contribution in [0.4, 0.5) is 11.4 Å². The Morgan fingerprint density at radius 3 is 2.48 bits per heavy atom. The van der Waals surface area contributed by atoms with Gasteiger partial charge in [0.2, 0.25) is 10.0 Å². The molecule has 1 heterocycles. The Kier molecular flexibility index (Phi) is 3.99. The molecule has 0 aliphatic rings. The molecule has 112 valence electrons. The Hall–Kier alpha value is -2.35. The number of hydrogen-bond acceptors (Lipinski definition) is 4. The summed E-state index contributed by atoms with van der Waals surface area (Å²) >= 11 is 0. The minimum Gasteiger partial charge on any atom is -0.322 e. The number of aromatic amines is 1. The molecular weight excluding hydrogens is 292 g/mol. The van der Waals surface area contributed by atoms with E-state index in [2.05, 4.69) is 20.2 Å². The number of sulfonamides is 1. The second kappa shape index (κ2) is 5.57. The van der Waals surface area contributed by atoms with Crippen molar-refractivity contribution in [1.29, 1.82) is 0 Å². The number of benzene rings is 1. The molecule has 0 saturated carbocycles. The first-order chi connectivity index (χ1) is 9.76. The highest BCUT2D eigenvalue weighted by molar-refractivity contribution is 7.92. The van der Waals surface area contributed by atoms with Crippen LogP contribution in [-0.2, 0) is 10.0 Å². The van der Waals surface area contributed by atoms with Gasteiger partial charge in [-0.2, -0.15) is 5.10 Å². The molecule has 3 N–H and O–H groups in total. The monoisotopic (exact) mass is 308 g/mol. The summed E-state index contributed by atoms with van der Waals surface area (Å²) in [6.07, 6.45) is 1.07. The third-order valence-electron chi connectivity index (χ3n) is 2.78. The van der Waals surface area contributed by atoms with Gasteiger partial charge in [0.25, 0.3) is 5.91 Å². The van der Waals surface area contributed by atoms with Crippen LogP contribution >= 0.6 is 0 Å². The molecular formula is C13H16N4O3S. The molecule has 0 spiro atoms. The summed E-state index contributed by atoms with van der Waals surface area (Å²) < 4.78 is 24.8. The van der Waals surface area contributed by atoms with Crippen LogP contribution < -0.4 is 10.0 Å². The summed E-state index contributed by atoms with van der Waals surface area (Å²) in [4.78, 5) is 12.2. The van der Waals surface area contributed by atoms with Crippen LogP contribution in [0.3, 0.4) is 0 Å². The van der Waals surface area contributed by atoms with Crippen LogP contribution in [0.5, 0.6) is 0 Å². The van der Waals surface area contributed by atoms with E-state index in [1.807, 2.05) is 0 Å². The average molecular weight is 308 g/mol. The lowest BCUT2D eigenvalue weighted by Crippen LogP contribution is -2.14. The van der Waals surface area contributed by atoms with Crippen molar-refractivity contribution in [1.82, 2.24) is 10.2 Å². The molecule has 0 fully saturated rings. The van der Waals surface area contributed by atoms with Crippen molar-refractivity contribution in [2.75, 3.05) is 16.3 Å². The van der Waals surface area contributed by atoms with Gasteiger partial charge in [-0.3, -0.25) is 14.6 Å². The van der Waals surface area contributed by atoms with Gasteiger partial charge >= 0.3 is 0 Å². The molecule has 2 rings (SSSR count). The van der Waals surface area contributed by atoms with E-state index < -0.39 is 10.0 Å². The highest BCUT2D eigenvalue weighted by Crippen LogP contribution is 2.18. The summed E-state index contributed by atoms with van der Waals surface area (Å²) in [5, 5.41) is 9.43. The number of aryl methyl sites for hydroxylation is 2. The van der Waals surface area contributed by atoms with Crippen molar-refractivity contribution >= 4 is 27.3 Å². The highest BCUT2D eigenvalue weighted by Gasteiger charge is 2.15. The van der Waals surface area contributed by atoms with E-state index in [9.17, 15) is 13.2 Å². The highest BCUT2D eigenvalue weighted by atomic mass is 32.2. The summed E-state index contributed by atoms with van der Waals surface area (Å²) in [6, 6.07) is 6.48. The molecule has 0 radical (unpaired) electrons. The number of nitrogens with zero attached hydrogens (tertiary/aromatic N) is 1. The molecule has 8 heteroatoms. The van der Waals surface area contributed by atoms with Gasteiger partial charge in [0.15, 0.2) is 0 Å². The largest absolute Gasteiger partial charge is 0.322 e. The van der Waals surface area contributed by atoms with E-state index in [0.717, 1.165) is 6.26 Å². The maximum absolute atomic E-state index is 12.2.